The fourth-order valence-electron chi connectivity index (χ4n) is 8.17. The van der Waals surface area contributed by atoms with Gasteiger partial charge in [0, 0.05) is 35.0 Å². The molecule has 0 saturated carbocycles. The summed E-state index contributed by atoms with van der Waals surface area (Å²) >= 11 is 0. The Morgan fingerprint density at radius 3 is 1.80 bits per heavy atom. The zero-order valence-electron chi connectivity index (χ0n) is 30.0. The van der Waals surface area contributed by atoms with Gasteiger partial charge in [0.2, 0.25) is 0 Å². The van der Waals surface area contributed by atoms with Crippen molar-refractivity contribution < 1.29 is 79.3 Å². The van der Waals surface area contributed by atoms with Crippen LogP contribution in [0.4, 0.5) is 17.1 Å². The highest BCUT2D eigenvalue weighted by atomic mass is 28.4. The van der Waals surface area contributed by atoms with Gasteiger partial charge < -0.3 is 80.5 Å². The summed E-state index contributed by atoms with van der Waals surface area (Å²) in [6.07, 6.45) is -19.0. The second-order valence-electron chi connectivity index (χ2n) is 15.0. The average Bonchev–Trinajstić information content (AvgIpc) is 3.56. The third-order valence-corrected chi connectivity index (χ3v) is 13.4. The quantitative estimate of drug-likeness (QED) is 0.112. The number of benzene rings is 2. The average molecular weight is 794 g/mol. The lowest BCUT2D eigenvalue weighted by molar-refractivity contribution is -0.274. The molecule has 4 aliphatic heterocycles. The van der Waals surface area contributed by atoms with Gasteiger partial charge in [-0.2, -0.15) is 0 Å². The fraction of sp³-hybridized carbons (Fsp3) is 0.571. The predicted molar refractivity (Wildman–Crippen MR) is 190 cm³/mol. The molecule has 6 rings (SSSR count). The van der Waals surface area contributed by atoms with Gasteiger partial charge in [0.15, 0.2) is 38.7 Å². The summed E-state index contributed by atoms with van der Waals surface area (Å²) in [5.74, 6) is -2.97. The molecular formula is C35H47N3O16Si. The van der Waals surface area contributed by atoms with E-state index in [1.807, 2.05) is 0 Å². The monoisotopic (exact) mass is 793 g/mol. The number of nitrogens with zero attached hydrogens (tertiary/aromatic N) is 1. The number of anilines is 3. The topological polar surface area (TPSA) is 308 Å². The van der Waals surface area contributed by atoms with E-state index in [4.69, 9.17) is 14.2 Å². The van der Waals surface area contributed by atoms with Crippen LogP contribution in [0.5, 0.6) is 0 Å². The van der Waals surface area contributed by atoms with Crippen molar-refractivity contribution in [2.24, 2.45) is 5.92 Å². The number of hydrogen-bond donors (Lipinski definition) is 12. The van der Waals surface area contributed by atoms with E-state index in [9.17, 15) is 65.1 Å². The van der Waals surface area contributed by atoms with E-state index >= 15 is 0 Å². The maximum Gasteiger partial charge on any atom is 0.264 e. The number of rotatable bonds is 9. The van der Waals surface area contributed by atoms with Crippen molar-refractivity contribution in [2.45, 2.75) is 112 Å². The Kier molecular flexibility index (Phi) is 11.6. The van der Waals surface area contributed by atoms with E-state index in [-0.39, 0.29) is 30.9 Å². The van der Waals surface area contributed by atoms with E-state index in [0.29, 0.717) is 16.8 Å². The van der Waals surface area contributed by atoms with Crippen molar-refractivity contribution in [2.75, 3.05) is 22.1 Å². The smallest absolute Gasteiger partial charge is 0.264 e. The number of nitrogens with one attached hydrogen (secondary N) is 2. The largest absolute Gasteiger partial charge is 0.432 e. The van der Waals surface area contributed by atoms with E-state index < -0.39 is 111 Å². The number of aliphatic hydroxyl groups is 9. The van der Waals surface area contributed by atoms with E-state index in [1.54, 1.807) is 38.2 Å². The van der Waals surface area contributed by atoms with Gasteiger partial charge in [0.1, 0.15) is 36.6 Å². The second-order valence-corrected chi connectivity index (χ2v) is 19.0. The molecule has 0 aliphatic carbocycles. The van der Waals surface area contributed by atoms with E-state index in [2.05, 4.69) is 10.6 Å². The SMILES string of the molecule is C[C@@H]1[C@@H]([Si](C)(C)O)[C@H](CCO)O[C@@]12C(=O)N(Cc1ccc(NC(=O)[C@H]3O[C@@H](O)[C@H](O)[C@@H](O)[C@@H]3O)cc1)c1ccc(NC(=O)[C@H]3O[C@@H](O)[C@H](O)[C@@H](O)[C@@H]3O)cc12. The zero-order chi connectivity index (χ0) is 40.3. The van der Waals surface area contributed by atoms with E-state index in [1.165, 1.54) is 29.2 Å². The summed E-state index contributed by atoms with van der Waals surface area (Å²) in [5, 5.41) is 95.0. The van der Waals surface area contributed by atoms with Gasteiger partial charge in [-0.1, -0.05) is 19.1 Å². The first-order chi connectivity index (χ1) is 25.8. The first kappa shape index (κ1) is 41.2. The van der Waals surface area contributed by atoms with Gasteiger partial charge in [-0.25, -0.2) is 0 Å². The van der Waals surface area contributed by atoms with Crippen molar-refractivity contribution in [3.63, 3.8) is 0 Å². The van der Waals surface area contributed by atoms with E-state index in [0.717, 1.165) is 0 Å². The van der Waals surface area contributed by atoms with Gasteiger partial charge >= 0.3 is 0 Å². The first-order valence-electron chi connectivity index (χ1n) is 17.8. The van der Waals surface area contributed by atoms with Crippen LogP contribution in [0.1, 0.15) is 24.5 Å². The van der Waals surface area contributed by atoms with Crippen LogP contribution in [-0.4, -0.2) is 151 Å². The molecule has 2 aromatic carbocycles. The van der Waals surface area contributed by atoms with Gasteiger partial charge in [0.05, 0.1) is 18.3 Å². The number of carbonyl (C=O) groups is 3. The second kappa shape index (κ2) is 15.5. The predicted octanol–water partition coefficient (Wildman–Crippen LogP) is -3.11. The van der Waals surface area contributed by atoms with Crippen LogP contribution < -0.4 is 15.5 Å². The van der Waals surface area contributed by atoms with Crippen molar-refractivity contribution in [3.8, 4) is 0 Å². The maximum absolute atomic E-state index is 14.7. The third-order valence-electron chi connectivity index (χ3n) is 10.9. The molecule has 12 N–H and O–H groups in total. The van der Waals surface area contributed by atoms with Crippen LogP contribution in [0.25, 0.3) is 0 Å². The highest BCUT2D eigenvalue weighted by molar-refractivity contribution is 6.71. The molecule has 3 amide bonds. The minimum Gasteiger partial charge on any atom is -0.432 e. The Morgan fingerprint density at radius 2 is 1.29 bits per heavy atom. The molecule has 0 aromatic heterocycles. The molecule has 20 heteroatoms. The molecule has 4 aliphatic rings. The summed E-state index contributed by atoms with van der Waals surface area (Å²) in [4.78, 5) is 53.7. The lowest BCUT2D eigenvalue weighted by atomic mass is 9.82. The summed E-state index contributed by atoms with van der Waals surface area (Å²) in [6.45, 7) is 4.94. The van der Waals surface area contributed by atoms with Crippen molar-refractivity contribution in [1.29, 1.82) is 0 Å². The molecular weight excluding hydrogens is 746 g/mol. The number of carbonyl (C=O) groups excluding carboxylic acids is 3. The Morgan fingerprint density at radius 1 is 0.782 bits per heavy atom. The molecule has 4 heterocycles. The minimum absolute atomic E-state index is 0.0141. The molecule has 19 nitrogen and oxygen atoms in total. The number of fused-ring (bicyclic) bond motifs is 2. The molecule has 0 radical (unpaired) electrons. The highest BCUT2D eigenvalue weighted by Gasteiger charge is 2.66. The molecule has 3 saturated heterocycles. The highest BCUT2D eigenvalue weighted by Crippen LogP contribution is 2.60. The van der Waals surface area contributed by atoms with Crippen LogP contribution in [0.15, 0.2) is 42.5 Å². The van der Waals surface area contributed by atoms with Gasteiger partial charge in [-0.3, -0.25) is 14.4 Å². The maximum atomic E-state index is 14.7. The Bertz CT molecular complexity index is 1760. The number of amides is 3. The summed E-state index contributed by atoms with van der Waals surface area (Å²) in [5.41, 5.74) is -0.483. The molecule has 55 heavy (non-hydrogen) atoms. The van der Waals surface area contributed by atoms with Crippen molar-refractivity contribution in [3.05, 3.63) is 53.6 Å². The summed E-state index contributed by atoms with van der Waals surface area (Å²) in [6, 6.07) is 10.8. The molecule has 0 bridgehead atoms. The van der Waals surface area contributed by atoms with Crippen LogP contribution in [0.2, 0.25) is 18.6 Å². The lowest BCUT2D eigenvalue weighted by Gasteiger charge is -2.37. The fourth-order valence-corrected chi connectivity index (χ4v) is 10.8. The van der Waals surface area contributed by atoms with Crippen LogP contribution in [0, 0.1) is 5.92 Å². The molecule has 0 unspecified atom stereocenters. The Balaban J connectivity index is 1.28. The summed E-state index contributed by atoms with van der Waals surface area (Å²) < 4.78 is 16.7. The van der Waals surface area contributed by atoms with Crippen LogP contribution in [-0.2, 0) is 40.7 Å². The summed E-state index contributed by atoms with van der Waals surface area (Å²) in [7, 11) is -3.05. The molecule has 2 aromatic rings. The zero-order valence-corrected chi connectivity index (χ0v) is 31.0. The van der Waals surface area contributed by atoms with Gasteiger partial charge in [-0.05, 0) is 55.4 Å². The molecule has 302 valence electrons. The van der Waals surface area contributed by atoms with Gasteiger partial charge in [0.25, 0.3) is 17.7 Å². The minimum atomic E-state index is -3.05. The Labute approximate surface area is 315 Å². The van der Waals surface area contributed by atoms with Crippen molar-refractivity contribution in [1.82, 2.24) is 0 Å². The number of hydrogen-bond acceptors (Lipinski definition) is 16. The standard InChI is InChI=1S/C35H47N3O16Si/c1-14-29(55(2,3)51)20(10-11-39)54-35(14)18-12-17(37-31(47)28-24(43)22(41)26(45)33(49)53-28)8-9-19(18)38(34(35)50)13-15-4-6-16(7-5-15)36-30(46)27-23(42)21(40)25(44)32(48)52-27/h4-9,12,14,20-29,32-33,39-45,48-49,51H,10-11,13H2,1-3H3,(H,36,46)(H,37,47)/t14-,20+,21+,22+,23+,24+,25-,26-,27+,28+,29-,32-,33-,35+/m1/s1. The van der Waals surface area contributed by atoms with Gasteiger partial charge in [-0.15, -0.1) is 0 Å². The lowest BCUT2D eigenvalue weighted by Crippen LogP contribution is -2.60. The Hall–Kier alpha value is -3.45. The van der Waals surface area contributed by atoms with Crippen LogP contribution >= 0.6 is 0 Å². The third kappa shape index (κ3) is 7.32. The number of aliphatic hydroxyl groups excluding tert-OH is 9. The van der Waals surface area contributed by atoms with Crippen LogP contribution in [0.3, 0.4) is 0 Å². The van der Waals surface area contributed by atoms with Crippen molar-refractivity contribution >= 4 is 43.1 Å². The molecule has 1 spiro atoms. The molecule has 3 fully saturated rings. The molecule has 14 atom stereocenters. The first-order valence-corrected chi connectivity index (χ1v) is 20.8. The normalized spacial score (nSPS) is 37.6. The number of ether oxygens (including phenoxy) is 3.